The van der Waals surface area contributed by atoms with Crippen molar-refractivity contribution in [3.63, 3.8) is 0 Å². The molecule has 0 aliphatic carbocycles. The van der Waals surface area contributed by atoms with E-state index in [1.165, 1.54) is 48.4 Å². The minimum Gasteiger partial charge on any atom is -0.312 e. The number of rotatable bonds is 3. The fourth-order valence-corrected chi connectivity index (χ4v) is 4.21. The van der Waals surface area contributed by atoms with E-state index in [4.69, 9.17) is 9.97 Å². The van der Waals surface area contributed by atoms with E-state index in [0.717, 1.165) is 31.8 Å². The van der Waals surface area contributed by atoms with Gasteiger partial charge >= 0.3 is 0 Å². The quantitative estimate of drug-likeness (QED) is 0.921. The molecule has 1 N–H and O–H groups in total. The van der Waals surface area contributed by atoms with Gasteiger partial charge in [0.15, 0.2) is 0 Å². The van der Waals surface area contributed by atoms with Crippen LogP contribution >= 0.6 is 11.8 Å². The summed E-state index contributed by atoms with van der Waals surface area (Å²) in [5, 5.41) is 4.00. The summed E-state index contributed by atoms with van der Waals surface area (Å²) in [6.45, 7) is 4.26. The second-order valence-electron chi connectivity index (χ2n) is 5.49. The van der Waals surface area contributed by atoms with Gasteiger partial charge in [-0.05, 0) is 25.0 Å². The molecule has 1 fully saturated rings. The predicted molar refractivity (Wildman–Crippen MR) is 80.5 cm³/mol. The summed E-state index contributed by atoms with van der Waals surface area (Å²) >= 11 is 2.05. The number of aromatic nitrogens is 2. The van der Waals surface area contributed by atoms with Gasteiger partial charge in [0.25, 0.3) is 0 Å². The summed E-state index contributed by atoms with van der Waals surface area (Å²) in [5.41, 5.74) is 4.01. The molecule has 2 aliphatic heterocycles. The van der Waals surface area contributed by atoms with E-state index in [2.05, 4.69) is 24.0 Å². The summed E-state index contributed by atoms with van der Waals surface area (Å²) in [5.74, 6) is 2.39. The molecular weight excluding hydrogens is 254 g/mol. The monoisotopic (exact) mass is 277 g/mol. The molecule has 2 aliphatic rings. The van der Waals surface area contributed by atoms with Crippen LogP contribution in [0.2, 0.25) is 0 Å². The van der Waals surface area contributed by atoms with Crippen molar-refractivity contribution in [2.75, 3.05) is 12.3 Å². The molecule has 0 amide bonds. The Kier molecular flexibility index (Phi) is 4.38. The maximum atomic E-state index is 4.93. The lowest BCUT2D eigenvalue weighted by molar-refractivity contribution is 0.595. The number of aryl methyl sites for hydroxylation is 1. The Labute approximate surface area is 120 Å². The molecule has 0 radical (unpaired) electrons. The van der Waals surface area contributed by atoms with Crippen LogP contribution in [0.15, 0.2) is 0 Å². The fourth-order valence-electron chi connectivity index (χ4n) is 2.97. The number of nitrogens with one attached hydrogen (secondary N) is 1. The lowest BCUT2D eigenvalue weighted by atomic mass is 10.0. The molecule has 1 aromatic rings. The van der Waals surface area contributed by atoms with Crippen molar-refractivity contribution in [3.8, 4) is 0 Å². The fraction of sp³-hybridized carbons (Fsp3) is 0.733. The first-order chi connectivity index (χ1) is 9.38. The SMILES string of the molecule is CCCc1nc(C2CCCCS2)nc2c1CNCC2. The highest BCUT2D eigenvalue weighted by Crippen LogP contribution is 2.37. The van der Waals surface area contributed by atoms with Gasteiger partial charge in [-0.1, -0.05) is 19.8 Å². The maximum absolute atomic E-state index is 4.93. The van der Waals surface area contributed by atoms with Gasteiger partial charge in [0.1, 0.15) is 5.82 Å². The number of fused-ring (bicyclic) bond motifs is 1. The molecule has 1 unspecified atom stereocenters. The molecule has 1 atom stereocenters. The third-order valence-corrected chi connectivity index (χ3v) is 5.36. The van der Waals surface area contributed by atoms with E-state index in [1.807, 2.05) is 0 Å². The largest absolute Gasteiger partial charge is 0.312 e. The Morgan fingerprint density at radius 1 is 1.32 bits per heavy atom. The highest BCUT2D eigenvalue weighted by Gasteiger charge is 2.23. The first-order valence-electron chi connectivity index (χ1n) is 7.59. The average Bonchev–Trinajstić information content (AvgIpc) is 2.48. The smallest absolute Gasteiger partial charge is 0.141 e. The molecule has 1 aromatic heterocycles. The summed E-state index contributed by atoms with van der Waals surface area (Å²) in [7, 11) is 0. The van der Waals surface area contributed by atoms with Crippen LogP contribution in [0.5, 0.6) is 0 Å². The predicted octanol–water partition coefficient (Wildman–Crippen LogP) is 3.03. The van der Waals surface area contributed by atoms with Crippen molar-refractivity contribution in [1.29, 1.82) is 0 Å². The molecule has 4 heteroatoms. The van der Waals surface area contributed by atoms with E-state index in [1.54, 1.807) is 0 Å². The van der Waals surface area contributed by atoms with E-state index >= 15 is 0 Å². The lowest BCUT2D eigenvalue weighted by Crippen LogP contribution is -2.27. The molecule has 19 heavy (non-hydrogen) atoms. The molecule has 0 spiro atoms. The van der Waals surface area contributed by atoms with Crippen LogP contribution in [0.4, 0.5) is 0 Å². The van der Waals surface area contributed by atoms with Crippen LogP contribution in [0.3, 0.4) is 0 Å². The third-order valence-electron chi connectivity index (χ3n) is 3.99. The number of thioether (sulfide) groups is 1. The lowest BCUT2D eigenvalue weighted by Gasteiger charge is -2.24. The van der Waals surface area contributed by atoms with E-state index < -0.39 is 0 Å². The van der Waals surface area contributed by atoms with E-state index in [-0.39, 0.29) is 0 Å². The molecule has 1 saturated heterocycles. The van der Waals surface area contributed by atoms with Crippen LogP contribution < -0.4 is 5.32 Å². The normalized spacial score (nSPS) is 23.1. The Hall–Kier alpha value is -0.610. The molecule has 3 heterocycles. The van der Waals surface area contributed by atoms with E-state index in [9.17, 15) is 0 Å². The first kappa shape index (κ1) is 13.4. The number of hydrogen-bond acceptors (Lipinski definition) is 4. The molecule has 0 aromatic carbocycles. The van der Waals surface area contributed by atoms with Gasteiger partial charge in [0.05, 0.1) is 10.9 Å². The number of hydrogen-bond donors (Lipinski definition) is 1. The van der Waals surface area contributed by atoms with Gasteiger partial charge in [-0.3, -0.25) is 0 Å². The van der Waals surface area contributed by atoms with Crippen LogP contribution in [0.25, 0.3) is 0 Å². The number of nitrogens with zero attached hydrogens (tertiary/aromatic N) is 2. The Bertz CT molecular complexity index is 441. The Balaban J connectivity index is 1.93. The highest BCUT2D eigenvalue weighted by atomic mass is 32.2. The van der Waals surface area contributed by atoms with Gasteiger partial charge < -0.3 is 5.32 Å². The average molecular weight is 277 g/mol. The molecule has 3 nitrogen and oxygen atoms in total. The zero-order chi connectivity index (χ0) is 13.1. The van der Waals surface area contributed by atoms with Crippen LogP contribution in [-0.2, 0) is 19.4 Å². The van der Waals surface area contributed by atoms with Crippen molar-refractivity contribution in [3.05, 3.63) is 22.8 Å². The van der Waals surface area contributed by atoms with Crippen molar-refractivity contribution in [1.82, 2.24) is 15.3 Å². The molecule has 104 valence electrons. The van der Waals surface area contributed by atoms with Gasteiger partial charge in [-0.2, -0.15) is 11.8 Å². The van der Waals surface area contributed by atoms with Crippen LogP contribution in [0.1, 0.15) is 60.6 Å². The Morgan fingerprint density at radius 2 is 2.26 bits per heavy atom. The highest BCUT2D eigenvalue weighted by molar-refractivity contribution is 7.99. The summed E-state index contributed by atoms with van der Waals surface area (Å²) in [6, 6.07) is 0. The summed E-state index contributed by atoms with van der Waals surface area (Å²) < 4.78 is 0. The maximum Gasteiger partial charge on any atom is 0.141 e. The second-order valence-corrected chi connectivity index (χ2v) is 6.80. The van der Waals surface area contributed by atoms with Crippen LogP contribution in [0, 0.1) is 0 Å². The van der Waals surface area contributed by atoms with Gasteiger partial charge in [-0.25, -0.2) is 9.97 Å². The van der Waals surface area contributed by atoms with Crippen LogP contribution in [-0.4, -0.2) is 22.3 Å². The van der Waals surface area contributed by atoms with Crippen molar-refractivity contribution < 1.29 is 0 Å². The minimum absolute atomic E-state index is 0.546. The topological polar surface area (TPSA) is 37.8 Å². The van der Waals surface area contributed by atoms with Gasteiger partial charge in [0, 0.05) is 30.8 Å². The Morgan fingerprint density at radius 3 is 3.05 bits per heavy atom. The van der Waals surface area contributed by atoms with Crippen molar-refractivity contribution >= 4 is 11.8 Å². The van der Waals surface area contributed by atoms with E-state index in [0.29, 0.717) is 5.25 Å². The zero-order valence-electron chi connectivity index (χ0n) is 11.7. The van der Waals surface area contributed by atoms with Crippen molar-refractivity contribution in [2.24, 2.45) is 0 Å². The molecule has 0 bridgehead atoms. The standard InChI is InChI=1S/C15H23N3S/c1-2-5-12-11-10-16-8-7-13(11)18-15(17-12)14-6-3-4-9-19-14/h14,16H,2-10H2,1H3. The third kappa shape index (κ3) is 2.95. The second kappa shape index (κ2) is 6.23. The summed E-state index contributed by atoms with van der Waals surface area (Å²) in [4.78, 5) is 9.84. The first-order valence-corrected chi connectivity index (χ1v) is 8.64. The van der Waals surface area contributed by atoms with Gasteiger partial charge in [-0.15, -0.1) is 0 Å². The zero-order valence-corrected chi connectivity index (χ0v) is 12.6. The van der Waals surface area contributed by atoms with Gasteiger partial charge in [0.2, 0.25) is 0 Å². The molecule has 0 saturated carbocycles. The minimum atomic E-state index is 0.546. The molecule has 3 rings (SSSR count). The summed E-state index contributed by atoms with van der Waals surface area (Å²) in [6.07, 6.45) is 7.28. The van der Waals surface area contributed by atoms with Crippen molar-refractivity contribution in [2.45, 2.75) is 57.2 Å². The molecular formula is C15H23N3S.